The predicted octanol–water partition coefficient (Wildman–Crippen LogP) is 2.70. The Kier molecular flexibility index (Phi) is 6.90. The monoisotopic (exact) mass is 506 g/mol. The number of aromatic nitrogens is 3. The Hall–Kier alpha value is -4.58. The van der Waals surface area contributed by atoms with Crippen LogP contribution in [0.5, 0.6) is 0 Å². The van der Waals surface area contributed by atoms with Crippen molar-refractivity contribution in [2.24, 2.45) is 0 Å². The number of carbonyl (C=O) groups is 2. The van der Waals surface area contributed by atoms with E-state index in [0.717, 1.165) is 0 Å². The van der Waals surface area contributed by atoms with Crippen LogP contribution in [0, 0.1) is 0 Å². The van der Waals surface area contributed by atoms with Crippen molar-refractivity contribution in [2.75, 3.05) is 26.2 Å². The molecule has 12 heteroatoms. The maximum absolute atomic E-state index is 13.9. The minimum atomic E-state index is -1.39. The Bertz CT molecular complexity index is 1390. The predicted molar refractivity (Wildman–Crippen MR) is 128 cm³/mol. The Morgan fingerprint density at radius 1 is 1.11 bits per heavy atom. The summed E-state index contributed by atoms with van der Waals surface area (Å²) in [6.45, 7) is 0.901. The molecule has 4 aromatic rings. The summed E-state index contributed by atoms with van der Waals surface area (Å²) in [5.74, 6) is -0.331. The minimum Gasteiger partial charge on any atom is -0.378 e. The summed E-state index contributed by atoms with van der Waals surface area (Å²) in [7, 11) is 0. The zero-order valence-corrected chi connectivity index (χ0v) is 19.6. The molecule has 0 aliphatic carbocycles. The van der Waals surface area contributed by atoms with Gasteiger partial charge in [-0.25, -0.2) is 9.18 Å². The van der Waals surface area contributed by atoms with E-state index in [4.69, 9.17) is 9.05 Å². The Morgan fingerprint density at radius 3 is 2.59 bits per heavy atom. The van der Waals surface area contributed by atoms with Crippen LogP contribution in [-0.2, 0) is 11.5 Å². The molecule has 1 fully saturated rings. The molecule has 0 bridgehead atoms. The molecule has 190 valence electrons. The van der Waals surface area contributed by atoms with E-state index >= 15 is 0 Å². The highest BCUT2D eigenvalue weighted by molar-refractivity contribution is 5.82. The Balaban J connectivity index is 1.25. The summed E-state index contributed by atoms with van der Waals surface area (Å²) in [6.07, 6.45) is -1.39. The number of hydrogen-bond acceptors (Lipinski definition) is 8. The molecule has 5 rings (SSSR count). The van der Waals surface area contributed by atoms with Gasteiger partial charge in [0.05, 0.1) is 5.56 Å². The van der Waals surface area contributed by atoms with E-state index < -0.39 is 18.7 Å². The number of nitrogens with one attached hydrogen (secondary N) is 2. The molecule has 1 saturated heterocycles. The molecule has 3 N–H and O–H groups in total. The van der Waals surface area contributed by atoms with E-state index in [1.165, 1.54) is 0 Å². The Morgan fingerprint density at radius 2 is 1.89 bits per heavy atom. The van der Waals surface area contributed by atoms with Crippen LogP contribution in [0.3, 0.4) is 0 Å². The number of halogens is 1. The molecule has 2 aromatic heterocycles. The molecule has 3 amide bonds. The first-order valence-corrected chi connectivity index (χ1v) is 11.6. The number of carbonyl (C=O) groups excluding carboxylic acids is 2. The lowest BCUT2D eigenvalue weighted by Crippen LogP contribution is -2.38. The van der Waals surface area contributed by atoms with Gasteiger partial charge in [0, 0.05) is 37.3 Å². The smallest absolute Gasteiger partial charge is 0.317 e. The fourth-order valence-corrected chi connectivity index (χ4v) is 3.96. The van der Waals surface area contributed by atoms with Gasteiger partial charge >= 0.3 is 6.03 Å². The second-order valence-electron chi connectivity index (χ2n) is 8.30. The average molecular weight is 506 g/mol. The molecule has 11 nitrogen and oxygen atoms in total. The van der Waals surface area contributed by atoms with E-state index in [-0.39, 0.29) is 35.6 Å². The maximum atomic E-state index is 13.9. The lowest BCUT2D eigenvalue weighted by Gasteiger charge is -2.16. The van der Waals surface area contributed by atoms with Crippen LogP contribution in [0.1, 0.15) is 17.2 Å². The number of aliphatic hydroxyl groups is 1. The van der Waals surface area contributed by atoms with Gasteiger partial charge in [0.2, 0.25) is 11.6 Å². The Labute approximate surface area is 210 Å². The van der Waals surface area contributed by atoms with Gasteiger partial charge in [-0.05, 0) is 5.56 Å². The lowest BCUT2D eigenvalue weighted by molar-refractivity contribution is -0.129. The first-order valence-electron chi connectivity index (χ1n) is 11.6. The van der Waals surface area contributed by atoms with Crippen LogP contribution in [-0.4, -0.2) is 63.4 Å². The minimum absolute atomic E-state index is 0.0208. The third-order valence-electron chi connectivity index (χ3n) is 5.95. The number of rotatable bonds is 9. The van der Waals surface area contributed by atoms with Crippen molar-refractivity contribution in [3.05, 3.63) is 65.7 Å². The standard InChI is InChI=1S/C25H23FN6O5/c26-14-18-19(15-4-2-1-3-5-15)30-36-21(18)24-29-22(31-37-24)17-8-6-16(7-9-17)20(33)23(34)27-10-12-32-13-11-28-25(32)35/h1-9,20,33H,10-14H2,(H,27,34)(H,28,35). The van der Waals surface area contributed by atoms with Gasteiger partial charge in [0.15, 0.2) is 6.10 Å². The van der Waals surface area contributed by atoms with E-state index in [1.807, 2.05) is 18.2 Å². The largest absolute Gasteiger partial charge is 0.378 e. The third kappa shape index (κ3) is 5.05. The van der Waals surface area contributed by atoms with Gasteiger partial charge in [0.25, 0.3) is 11.8 Å². The highest BCUT2D eigenvalue weighted by Crippen LogP contribution is 2.33. The summed E-state index contributed by atoms with van der Waals surface area (Å²) >= 11 is 0. The fourth-order valence-electron chi connectivity index (χ4n) is 3.96. The summed E-state index contributed by atoms with van der Waals surface area (Å²) in [6, 6.07) is 15.3. The van der Waals surface area contributed by atoms with Crippen molar-refractivity contribution in [1.29, 1.82) is 0 Å². The summed E-state index contributed by atoms with van der Waals surface area (Å²) < 4.78 is 24.5. The van der Waals surface area contributed by atoms with Gasteiger partial charge in [0.1, 0.15) is 12.4 Å². The molecule has 2 aromatic carbocycles. The van der Waals surface area contributed by atoms with Crippen LogP contribution >= 0.6 is 0 Å². The number of nitrogens with zero attached hydrogens (tertiary/aromatic N) is 4. The number of hydrogen-bond donors (Lipinski definition) is 3. The molecule has 0 saturated carbocycles. The first-order chi connectivity index (χ1) is 18.0. The van der Waals surface area contributed by atoms with Gasteiger partial charge in [-0.1, -0.05) is 64.9 Å². The number of benzene rings is 2. The highest BCUT2D eigenvalue weighted by atomic mass is 19.1. The molecule has 1 aliphatic heterocycles. The van der Waals surface area contributed by atoms with E-state index in [2.05, 4.69) is 25.9 Å². The second kappa shape index (κ2) is 10.6. The van der Waals surface area contributed by atoms with Crippen LogP contribution in [0.25, 0.3) is 34.3 Å². The topological polar surface area (TPSA) is 147 Å². The average Bonchev–Trinajstić information content (AvgIpc) is 3.68. The van der Waals surface area contributed by atoms with Gasteiger partial charge < -0.3 is 29.7 Å². The first kappa shape index (κ1) is 24.1. The van der Waals surface area contributed by atoms with Crippen molar-refractivity contribution < 1.29 is 28.1 Å². The summed E-state index contributed by atoms with van der Waals surface area (Å²) in [5.41, 5.74) is 2.18. The van der Waals surface area contributed by atoms with Crippen LogP contribution in [0.15, 0.2) is 63.6 Å². The molecular formula is C25H23FN6O5. The zero-order valence-electron chi connectivity index (χ0n) is 19.6. The van der Waals surface area contributed by atoms with E-state index in [0.29, 0.717) is 42.0 Å². The summed E-state index contributed by atoms with van der Waals surface area (Å²) in [5, 5.41) is 23.6. The molecule has 37 heavy (non-hydrogen) atoms. The van der Waals surface area contributed by atoms with Gasteiger partial charge in [-0.3, -0.25) is 4.79 Å². The van der Waals surface area contributed by atoms with Crippen molar-refractivity contribution in [1.82, 2.24) is 30.8 Å². The fraction of sp³-hybridized carbons (Fsp3) is 0.240. The quantitative estimate of drug-likeness (QED) is 0.314. The SMILES string of the molecule is O=C(NCCN1CCNC1=O)C(O)c1ccc(-c2noc(-c3onc(-c4ccccc4)c3CF)n2)cc1. The maximum Gasteiger partial charge on any atom is 0.317 e. The van der Waals surface area contributed by atoms with Crippen molar-refractivity contribution in [3.63, 3.8) is 0 Å². The normalized spacial score (nSPS) is 14.0. The van der Waals surface area contributed by atoms with Crippen LogP contribution < -0.4 is 10.6 Å². The molecule has 1 unspecified atom stereocenters. The molecule has 0 spiro atoms. The number of alkyl halides is 1. The van der Waals surface area contributed by atoms with Crippen molar-refractivity contribution in [3.8, 4) is 34.3 Å². The van der Waals surface area contributed by atoms with Crippen molar-refractivity contribution >= 4 is 11.9 Å². The highest BCUT2D eigenvalue weighted by Gasteiger charge is 2.25. The lowest BCUT2D eigenvalue weighted by atomic mass is 10.1. The van der Waals surface area contributed by atoms with Crippen molar-refractivity contribution in [2.45, 2.75) is 12.8 Å². The molecule has 3 heterocycles. The van der Waals surface area contributed by atoms with Crippen LogP contribution in [0.4, 0.5) is 9.18 Å². The van der Waals surface area contributed by atoms with E-state index in [1.54, 1.807) is 41.3 Å². The van der Waals surface area contributed by atoms with Gasteiger partial charge in [-0.15, -0.1) is 0 Å². The number of amides is 3. The van der Waals surface area contributed by atoms with E-state index in [9.17, 15) is 19.1 Å². The number of urea groups is 1. The third-order valence-corrected chi connectivity index (χ3v) is 5.95. The zero-order chi connectivity index (χ0) is 25.8. The molecule has 1 aliphatic rings. The molecule has 1 atom stereocenters. The summed E-state index contributed by atoms with van der Waals surface area (Å²) in [4.78, 5) is 29.7. The molecular weight excluding hydrogens is 483 g/mol. The second-order valence-corrected chi connectivity index (χ2v) is 8.30. The van der Waals surface area contributed by atoms with Crippen LogP contribution in [0.2, 0.25) is 0 Å². The number of aliphatic hydroxyl groups excluding tert-OH is 1. The molecule has 0 radical (unpaired) electrons. The van der Waals surface area contributed by atoms with Gasteiger partial charge in [-0.2, -0.15) is 4.98 Å².